The first-order valence-corrected chi connectivity index (χ1v) is 12.6. The average molecular weight is 518 g/mol. The summed E-state index contributed by atoms with van der Waals surface area (Å²) in [5.41, 5.74) is 2.77. The van der Waals surface area contributed by atoms with Gasteiger partial charge in [0.05, 0.1) is 26.3 Å². The van der Waals surface area contributed by atoms with E-state index >= 15 is 0 Å². The molecule has 3 aromatic rings. The van der Waals surface area contributed by atoms with Crippen molar-refractivity contribution in [2.45, 2.75) is 25.3 Å². The van der Waals surface area contributed by atoms with E-state index in [0.29, 0.717) is 41.8 Å². The van der Waals surface area contributed by atoms with Crippen molar-refractivity contribution >= 4 is 34.8 Å². The van der Waals surface area contributed by atoms with E-state index in [9.17, 15) is 9.59 Å². The molecule has 3 aromatic carbocycles. The van der Waals surface area contributed by atoms with Crippen LogP contribution >= 0.6 is 12.2 Å². The van der Waals surface area contributed by atoms with Gasteiger partial charge in [0.1, 0.15) is 6.04 Å². The lowest BCUT2D eigenvalue weighted by Gasteiger charge is -2.30. The van der Waals surface area contributed by atoms with Gasteiger partial charge in [0.25, 0.3) is 5.91 Å². The minimum Gasteiger partial charge on any atom is -0.493 e. The monoisotopic (exact) mass is 517 g/mol. The number of benzene rings is 3. The number of anilines is 1. The summed E-state index contributed by atoms with van der Waals surface area (Å²) in [5.74, 6) is 0.786. The maximum Gasteiger partial charge on any atom is 0.257 e. The second-order valence-corrected chi connectivity index (χ2v) is 9.11. The minimum absolute atomic E-state index is 0.0696. The summed E-state index contributed by atoms with van der Waals surface area (Å²) < 4.78 is 10.8. The normalized spacial score (nSPS) is 15.0. The summed E-state index contributed by atoms with van der Waals surface area (Å²) in [4.78, 5) is 29.5. The van der Waals surface area contributed by atoms with Crippen LogP contribution in [0.2, 0.25) is 0 Å². The number of para-hydroxylation sites is 1. The number of nitrogens with one attached hydrogen (secondary N) is 1. The van der Waals surface area contributed by atoms with Crippen molar-refractivity contribution < 1.29 is 19.1 Å². The van der Waals surface area contributed by atoms with Gasteiger partial charge in [-0.15, -0.1) is 0 Å². The third kappa shape index (κ3) is 6.27. The molecule has 2 amide bonds. The number of hydrogen-bond acceptors (Lipinski definition) is 5. The van der Waals surface area contributed by atoms with Crippen LogP contribution in [0.1, 0.15) is 17.5 Å². The molecule has 8 heteroatoms. The van der Waals surface area contributed by atoms with Crippen LogP contribution in [0.3, 0.4) is 0 Å². The molecule has 7 nitrogen and oxygen atoms in total. The van der Waals surface area contributed by atoms with Crippen LogP contribution in [0.4, 0.5) is 5.69 Å². The van der Waals surface area contributed by atoms with E-state index in [1.54, 1.807) is 26.4 Å². The Bertz CT molecular complexity index is 1240. The fourth-order valence-electron chi connectivity index (χ4n) is 4.45. The molecule has 1 aliphatic rings. The minimum atomic E-state index is -0.676. The number of nitrogens with zero attached hydrogens (tertiary/aromatic N) is 2. The number of carbonyl (C=O) groups excluding carboxylic acids is 2. The summed E-state index contributed by atoms with van der Waals surface area (Å²) in [6, 6.07) is 24.2. The van der Waals surface area contributed by atoms with Crippen molar-refractivity contribution in [3.8, 4) is 11.5 Å². The fraction of sp³-hybridized carbons (Fsp3) is 0.276. The van der Waals surface area contributed by atoms with Crippen molar-refractivity contribution in [3.63, 3.8) is 0 Å². The highest BCUT2D eigenvalue weighted by Crippen LogP contribution is 2.29. The van der Waals surface area contributed by atoms with Crippen LogP contribution < -0.4 is 19.7 Å². The van der Waals surface area contributed by atoms with Gasteiger partial charge >= 0.3 is 0 Å². The standard InChI is InChI=1S/C29H31N3O4S/c1-35-25-14-13-22(19-26(25)36-2)16-18-31(29(37)30-17-15-21-9-5-3-6-10-21)24-20-27(33)32(28(24)34)23-11-7-4-8-12-23/h3-14,19,24H,15-18,20H2,1-2H3,(H,30,37). The molecule has 0 aromatic heterocycles. The Labute approximate surface area is 223 Å². The van der Waals surface area contributed by atoms with E-state index in [1.165, 1.54) is 10.5 Å². The second-order valence-electron chi connectivity index (χ2n) is 8.72. The van der Waals surface area contributed by atoms with E-state index in [4.69, 9.17) is 21.7 Å². The van der Waals surface area contributed by atoms with Crippen LogP contribution in [0, 0.1) is 0 Å². The highest BCUT2D eigenvalue weighted by molar-refractivity contribution is 7.80. The molecule has 1 heterocycles. The van der Waals surface area contributed by atoms with Gasteiger partial charge in [0.2, 0.25) is 5.91 Å². The number of hydrogen-bond donors (Lipinski definition) is 1. The SMILES string of the molecule is COc1ccc(CCN(C(=S)NCCc2ccccc2)C2CC(=O)N(c3ccccc3)C2=O)cc1OC. The Kier molecular flexibility index (Phi) is 8.74. The zero-order valence-corrected chi connectivity index (χ0v) is 21.9. The Morgan fingerprint density at radius 1 is 0.919 bits per heavy atom. The van der Waals surface area contributed by atoms with Crippen LogP contribution in [0.15, 0.2) is 78.9 Å². The Balaban J connectivity index is 1.51. The second kappa shape index (κ2) is 12.4. The van der Waals surface area contributed by atoms with E-state index in [-0.39, 0.29) is 18.2 Å². The number of rotatable bonds is 10. The Hall–Kier alpha value is -3.91. The van der Waals surface area contributed by atoms with Gasteiger partial charge in [0, 0.05) is 13.1 Å². The molecule has 1 fully saturated rings. The molecule has 1 aliphatic heterocycles. The maximum atomic E-state index is 13.5. The van der Waals surface area contributed by atoms with E-state index in [2.05, 4.69) is 17.4 Å². The lowest BCUT2D eigenvalue weighted by Crippen LogP contribution is -2.50. The number of carbonyl (C=O) groups is 2. The lowest BCUT2D eigenvalue weighted by molar-refractivity contribution is -0.122. The summed E-state index contributed by atoms with van der Waals surface area (Å²) in [6.45, 7) is 1.08. The van der Waals surface area contributed by atoms with Crippen molar-refractivity contribution in [3.05, 3.63) is 90.0 Å². The molecule has 1 unspecified atom stereocenters. The first-order valence-electron chi connectivity index (χ1n) is 12.2. The molecule has 0 saturated carbocycles. The number of ether oxygens (including phenoxy) is 2. The highest BCUT2D eigenvalue weighted by atomic mass is 32.1. The fourth-order valence-corrected chi connectivity index (χ4v) is 4.77. The molecule has 1 atom stereocenters. The third-order valence-electron chi connectivity index (χ3n) is 6.40. The first kappa shape index (κ1) is 26.2. The van der Waals surface area contributed by atoms with Crippen LogP contribution in [0.25, 0.3) is 0 Å². The van der Waals surface area contributed by atoms with Gasteiger partial charge in [-0.3, -0.25) is 9.59 Å². The predicted octanol–water partition coefficient (Wildman–Crippen LogP) is 4.00. The maximum absolute atomic E-state index is 13.5. The summed E-state index contributed by atoms with van der Waals surface area (Å²) in [6.07, 6.45) is 1.46. The number of thiocarbonyl (C=S) groups is 1. The molecular formula is C29H31N3O4S. The van der Waals surface area contributed by atoms with Crippen molar-refractivity contribution in [1.82, 2.24) is 10.2 Å². The quantitative estimate of drug-likeness (QED) is 0.322. The molecule has 1 saturated heterocycles. The average Bonchev–Trinajstić information content (AvgIpc) is 3.22. The topological polar surface area (TPSA) is 71.1 Å². The summed E-state index contributed by atoms with van der Waals surface area (Å²) in [5, 5.41) is 3.76. The number of imide groups is 1. The largest absolute Gasteiger partial charge is 0.493 e. The predicted molar refractivity (Wildman–Crippen MR) is 148 cm³/mol. The van der Waals surface area contributed by atoms with Crippen LogP contribution in [-0.4, -0.2) is 55.2 Å². The van der Waals surface area contributed by atoms with Gasteiger partial charge in [-0.05, 0) is 60.5 Å². The molecule has 4 rings (SSSR count). The van der Waals surface area contributed by atoms with Gasteiger partial charge < -0.3 is 19.7 Å². The molecule has 1 N–H and O–H groups in total. The van der Waals surface area contributed by atoms with E-state index < -0.39 is 6.04 Å². The van der Waals surface area contributed by atoms with Crippen molar-refractivity contribution in [2.75, 3.05) is 32.2 Å². The zero-order valence-electron chi connectivity index (χ0n) is 21.1. The molecule has 37 heavy (non-hydrogen) atoms. The van der Waals surface area contributed by atoms with Gasteiger partial charge in [-0.2, -0.15) is 0 Å². The Morgan fingerprint density at radius 2 is 1.59 bits per heavy atom. The van der Waals surface area contributed by atoms with Crippen LogP contribution in [-0.2, 0) is 22.4 Å². The molecule has 0 aliphatic carbocycles. The smallest absolute Gasteiger partial charge is 0.257 e. The molecular weight excluding hydrogens is 486 g/mol. The summed E-state index contributed by atoms with van der Waals surface area (Å²) in [7, 11) is 3.20. The third-order valence-corrected chi connectivity index (χ3v) is 6.78. The number of methoxy groups -OCH3 is 2. The van der Waals surface area contributed by atoms with E-state index in [0.717, 1.165) is 12.0 Å². The van der Waals surface area contributed by atoms with Crippen molar-refractivity contribution in [1.29, 1.82) is 0 Å². The molecule has 0 spiro atoms. The zero-order chi connectivity index (χ0) is 26.2. The van der Waals surface area contributed by atoms with Gasteiger partial charge in [-0.25, -0.2) is 4.90 Å². The van der Waals surface area contributed by atoms with Crippen LogP contribution in [0.5, 0.6) is 11.5 Å². The lowest BCUT2D eigenvalue weighted by atomic mass is 10.1. The Morgan fingerprint density at radius 3 is 2.27 bits per heavy atom. The van der Waals surface area contributed by atoms with Gasteiger partial charge in [-0.1, -0.05) is 54.6 Å². The van der Waals surface area contributed by atoms with Gasteiger partial charge in [0.15, 0.2) is 16.6 Å². The van der Waals surface area contributed by atoms with Crippen molar-refractivity contribution in [2.24, 2.45) is 0 Å². The molecule has 0 radical (unpaired) electrons. The van der Waals surface area contributed by atoms with E-state index in [1.807, 2.05) is 59.5 Å². The molecule has 192 valence electrons. The highest BCUT2D eigenvalue weighted by Gasteiger charge is 2.43. The first-order chi connectivity index (χ1) is 18.0. The number of amides is 2. The molecule has 0 bridgehead atoms. The summed E-state index contributed by atoms with van der Waals surface area (Å²) >= 11 is 5.77.